The lowest BCUT2D eigenvalue weighted by Crippen LogP contribution is -2.49. The van der Waals surface area contributed by atoms with E-state index in [2.05, 4.69) is 16.9 Å². The van der Waals surface area contributed by atoms with Gasteiger partial charge in [0.25, 0.3) is 5.91 Å². The molecule has 2 N–H and O–H groups in total. The molecule has 1 saturated heterocycles. The number of nitrogens with zero attached hydrogens (tertiary/aromatic N) is 3. The van der Waals surface area contributed by atoms with Crippen LogP contribution in [0.5, 0.6) is 0 Å². The number of rotatable bonds is 1. The Morgan fingerprint density at radius 1 is 1.30 bits per heavy atom. The van der Waals surface area contributed by atoms with Crippen molar-refractivity contribution >= 4 is 16.9 Å². The number of carbonyl (C=O) groups is 1. The first-order valence-electron chi connectivity index (χ1n) is 6.91. The zero-order chi connectivity index (χ0) is 14.1. The lowest BCUT2D eigenvalue weighted by Gasteiger charge is -2.35. The van der Waals surface area contributed by atoms with Gasteiger partial charge in [0.15, 0.2) is 0 Å². The van der Waals surface area contributed by atoms with Crippen LogP contribution in [-0.4, -0.2) is 39.9 Å². The third-order valence-corrected chi connectivity index (χ3v) is 4.02. The number of benzene rings is 1. The summed E-state index contributed by atoms with van der Waals surface area (Å²) in [4.78, 5) is 22.8. The zero-order valence-electron chi connectivity index (χ0n) is 11.5. The number of nitrogens with two attached hydrogens (primary N) is 1. The monoisotopic (exact) mass is 270 g/mol. The first kappa shape index (κ1) is 13.0. The molecule has 3 rings (SSSR count). The normalized spacial score (nSPS) is 23.0. The molecule has 1 fully saturated rings. The zero-order valence-corrected chi connectivity index (χ0v) is 11.5. The molecule has 0 spiro atoms. The van der Waals surface area contributed by atoms with E-state index in [0.717, 1.165) is 24.0 Å². The van der Waals surface area contributed by atoms with Crippen molar-refractivity contribution in [1.82, 2.24) is 14.9 Å². The second-order valence-electron chi connectivity index (χ2n) is 5.44. The summed E-state index contributed by atoms with van der Waals surface area (Å²) in [6.45, 7) is 3.53. The highest BCUT2D eigenvalue weighted by Crippen LogP contribution is 2.19. The van der Waals surface area contributed by atoms with Crippen molar-refractivity contribution in [3.05, 3.63) is 36.2 Å². The van der Waals surface area contributed by atoms with E-state index in [1.165, 1.54) is 0 Å². The Bertz CT molecular complexity index is 643. The number of carbonyl (C=O) groups excluding carboxylic acids is 1. The van der Waals surface area contributed by atoms with E-state index in [1.54, 1.807) is 18.5 Å². The van der Waals surface area contributed by atoms with E-state index in [0.29, 0.717) is 18.0 Å². The fourth-order valence-electron chi connectivity index (χ4n) is 2.56. The average molecular weight is 270 g/mol. The molecule has 2 aromatic rings. The standard InChI is InChI=1S/C15H18N4O/c1-10-4-7-19(9-12(10)16)15(20)11-2-3-13-14(8-11)18-6-5-17-13/h2-3,5-6,8,10,12H,4,7,9,16H2,1H3. The molecule has 5 heteroatoms. The molecule has 2 unspecified atom stereocenters. The number of likely N-dealkylation sites (tertiary alicyclic amines) is 1. The highest BCUT2D eigenvalue weighted by molar-refractivity contribution is 5.97. The van der Waals surface area contributed by atoms with Crippen molar-refractivity contribution in [2.75, 3.05) is 13.1 Å². The average Bonchev–Trinajstić information content (AvgIpc) is 2.49. The Hall–Kier alpha value is -2.01. The van der Waals surface area contributed by atoms with Crippen LogP contribution in [0, 0.1) is 5.92 Å². The molecule has 0 radical (unpaired) electrons. The maximum absolute atomic E-state index is 12.5. The van der Waals surface area contributed by atoms with E-state index < -0.39 is 0 Å². The van der Waals surface area contributed by atoms with Gasteiger partial charge in [-0.05, 0) is 30.5 Å². The van der Waals surface area contributed by atoms with E-state index in [4.69, 9.17) is 5.73 Å². The van der Waals surface area contributed by atoms with Crippen molar-refractivity contribution in [2.45, 2.75) is 19.4 Å². The predicted molar refractivity (Wildman–Crippen MR) is 77.2 cm³/mol. The number of amides is 1. The molecule has 1 aromatic heterocycles. The third-order valence-electron chi connectivity index (χ3n) is 4.02. The van der Waals surface area contributed by atoms with Crippen LogP contribution in [0.15, 0.2) is 30.6 Å². The van der Waals surface area contributed by atoms with E-state index in [1.807, 2.05) is 17.0 Å². The highest BCUT2D eigenvalue weighted by atomic mass is 16.2. The second kappa shape index (κ2) is 5.17. The summed E-state index contributed by atoms with van der Waals surface area (Å²) in [5.41, 5.74) is 8.25. The lowest BCUT2D eigenvalue weighted by atomic mass is 9.94. The van der Waals surface area contributed by atoms with Gasteiger partial charge in [-0.15, -0.1) is 0 Å². The molecular formula is C15H18N4O. The molecule has 1 aromatic carbocycles. The maximum atomic E-state index is 12.5. The van der Waals surface area contributed by atoms with Crippen molar-refractivity contribution in [2.24, 2.45) is 11.7 Å². The van der Waals surface area contributed by atoms with Crippen LogP contribution in [0.4, 0.5) is 0 Å². The van der Waals surface area contributed by atoms with Gasteiger partial charge in [-0.2, -0.15) is 0 Å². The number of hydrogen-bond donors (Lipinski definition) is 1. The smallest absolute Gasteiger partial charge is 0.253 e. The Morgan fingerprint density at radius 3 is 2.80 bits per heavy atom. The Labute approximate surface area is 117 Å². The first-order valence-corrected chi connectivity index (χ1v) is 6.91. The molecule has 1 aliphatic heterocycles. The van der Waals surface area contributed by atoms with Crippen LogP contribution in [0.2, 0.25) is 0 Å². The van der Waals surface area contributed by atoms with Gasteiger partial charge < -0.3 is 10.6 Å². The van der Waals surface area contributed by atoms with Crippen LogP contribution in [0.3, 0.4) is 0 Å². The molecule has 2 atom stereocenters. The van der Waals surface area contributed by atoms with Gasteiger partial charge in [0, 0.05) is 37.1 Å². The van der Waals surface area contributed by atoms with Gasteiger partial charge in [-0.3, -0.25) is 14.8 Å². The molecule has 0 aliphatic carbocycles. The minimum atomic E-state index is 0.0277. The Balaban J connectivity index is 1.85. The minimum Gasteiger partial charge on any atom is -0.337 e. The fourth-order valence-corrected chi connectivity index (χ4v) is 2.56. The van der Waals surface area contributed by atoms with E-state index in [-0.39, 0.29) is 11.9 Å². The molecule has 1 aliphatic rings. The Kier molecular flexibility index (Phi) is 3.36. The van der Waals surface area contributed by atoms with Crippen LogP contribution >= 0.6 is 0 Å². The summed E-state index contributed by atoms with van der Waals surface area (Å²) in [6, 6.07) is 5.51. The van der Waals surface area contributed by atoms with Crippen molar-refractivity contribution < 1.29 is 4.79 Å². The molecule has 104 valence electrons. The SMILES string of the molecule is CC1CCN(C(=O)c2ccc3nccnc3c2)CC1N. The summed E-state index contributed by atoms with van der Waals surface area (Å²) in [5, 5.41) is 0. The van der Waals surface area contributed by atoms with Crippen LogP contribution in [0.1, 0.15) is 23.7 Å². The summed E-state index contributed by atoms with van der Waals surface area (Å²) >= 11 is 0. The molecule has 2 heterocycles. The molecule has 1 amide bonds. The van der Waals surface area contributed by atoms with Crippen molar-refractivity contribution in [1.29, 1.82) is 0 Å². The summed E-state index contributed by atoms with van der Waals surface area (Å²) in [7, 11) is 0. The van der Waals surface area contributed by atoms with Gasteiger partial charge in [0.05, 0.1) is 11.0 Å². The minimum absolute atomic E-state index is 0.0277. The topological polar surface area (TPSA) is 72.1 Å². The summed E-state index contributed by atoms with van der Waals surface area (Å²) in [6.07, 6.45) is 4.24. The fraction of sp³-hybridized carbons (Fsp3) is 0.400. The quantitative estimate of drug-likeness (QED) is 0.851. The summed E-state index contributed by atoms with van der Waals surface area (Å²) in [5.74, 6) is 0.501. The second-order valence-corrected chi connectivity index (χ2v) is 5.44. The van der Waals surface area contributed by atoms with Gasteiger partial charge in [0.2, 0.25) is 0 Å². The van der Waals surface area contributed by atoms with Crippen LogP contribution in [0.25, 0.3) is 11.0 Å². The predicted octanol–water partition coefficient (Wildman–Crippen LogP) is 1.44. The molecule has 20 heavy (non-hydrogen) atoms. The molecule has 0 saturated carbocycles. The number of hydrogen-bond acceptors (Lipinski definition) is 4. The molecule has 0 bridgehead atoms. The first-order chi connectivity index (χ1) is 9.65. The maximum Gasteiger partial charge on any atom is 0.253 e. The molecule has 5 nitrogen and oxygen atoms in total. The number of piperidine rings is 1. The third kappa shape index (κ3) is 2.36. The van der Waals surface area contributed by atoms with Crippen molar-refractivity contribution in [3.8, 4) is 0 Å². The van der Waals surface area contributed by atoms with Crippen molar-refractivity contribution in [3.63, 3.8) is 0 Å². The Morgan fingerprint density at radius 2 is 2.05 bits per heavy atom. The van der Waals surface area contributed by atoms with Gasteiger partial charge in [0.1, 0.15) is 0 Å². The summed E-state index contributed by atoms with van der Waals surface area (Å²) < 4.78 is 0. The van der Waals surface area contributed by atoms with Crippen LogP contribution < -0.4 is 5.73 Å². The van der Waals surface area contributed by atoms with Gasteiger partial charge >= 0.3 is 0 Å². The largest absolute Gasteiger partial charge is 0.337 e. The van der Waals surface area contributed by atoms with E-state index >= 15 is 0 Å². The highest BCUT2D eigenvalue weighted by Gasteiger charge is 2.26. The number of fused-ring (bicyclic) bond motifs is 1. The number of aromatic nitrogens is 2. The van der Waals surface area contributed by atoms with Gasteiger partial charge in [-0.1, -0.05) is 6.92 Å². The van der Waals surface area contributed by atoms with Gasteiger partial charge in [-0.25, -0.2) is 0 Å². The van der Waals surface area contributed by atoms with Crippen LogP contribution in [-0.2, 0) is 0 Å². The lowest BCUT2D eigenvalue weighted by molar-refractivity contribution is 0.0672. The van der Waals surface area contributed by atoms with E-state index in [9.17, 15) is 4.79 Å². The molecular weight excluding hydrogens is 252 g/mol.